The Bertz CT molecular complexity index is 389. The van der Waals surface area contributed by atoms with Gasteiger partial charge < -0.3 is 10.2 Å². The van der Waals surface area contributed by atoms with E-state index in [1.807, 2.05) is 6.92 Å². The zero-order valence-electron chi connectivity index (χ0n) is 11.2. The molecule has 4 nitrogen and oxygen atoms in total. The molecule has 1 fully saturated rings. The Hall–Kier alpha value is -1.32. The van der Waals surface area contributed by atoms with Crippen LogP contribution in [0.5, 0.6) is 0 Å². The summed E-state index contributed by atoms with van der Waals surface area (Å²) < 4.78 is 0. The van der Waals surface area contributed by atoms with Crippen LogP contribution >= 0.6 is 0 Å². The number of nitrogens with one attached hydrogen (secondary N) is 1. The lowest BCUT2D eigenvalue weighted by molar-refractivity contribution is 0.629. The highest BCUT2D eigenvalue weighted by Gasteiger charge is 2.16. The van der Waals surface area contributed by atoms with Gasteiger partial charge >= 0.3 is 0 Å². The van der Waals surface area contributed by atoms with E-state index in [1.165, 1.54) is 12.8 Å². The first-order chi connectivity index (χ1) is 7.94. The van der Waals surface area contributed by atoms with Gasteiger partial charge in [-0.2, -0.15) is 0 Å². The lowest BCUT2D eigenvalue weighted by Gasteiger charge is -2.23. The Kier molecular flexibility index (Phi) is 3.22. The summed E-state index contributed by atoms with van der Waals surface area (Å²) in [5.74, 6) is 2.81. The third-order valence-corrected chi connectivity index (χ3v) is 2.76. The normalized spacial score (nSPS) is 16.4. The summed E-state index contributed by atoms with van der Waals surface area (Å²) in [6.07, 6.45) is 2.54. The molecule has 0 spiro atoms. The van der Waals surface area contributed by atoms with E-state index in [2.05, 4.69) is 47.0 Å². The van der Waals surface area contributed by atoms with E-state index in [-0.39, 0.29) is 5.54 Å². The molecular weight excluding hydrogens is 212 g/mol. The fourth-order valence-corrected chi connectivity index (χ4v) is 2.11. The van der Waals surface area contributed by atoms with E-state index >= 15 is 0 Å². The molecule has 4 heteroatoms. The Morgan fingerprint density at radius 3 is 2.41 bits per heavy atom. The average Bonchev–Trinajstić information content (AvgIpc) is 2.65. The average molecular weight is 234 g/mol. The second-order valence-corrected chi connectivity index (χ2v) is 5.73. The van der Waals surface area contributed by atoms with Crippen LogP contribution in [0.1, 0.15) is 39.4 Å². The molecule has 0 amide bonds. The van der Waals surface area contributed by atoms with Crippen LogP contribution in [0, 0.1) is 6.92 Å². The van der Waals surface area contributed by atoms with Gasteiger partial charge in [0.05, 0.1) is 0 Å². The van der Waals surface area contributed by atoms with Gasteiger partial charge in [-0.05, 0) is 40.5 Å². The molecule has 0 aliphatic carbocycles. The molecule has 94 valence electrons. The summed E-state index contributed by atoms with van der Waals surface area (Å²) in [7, 11) is 0. The SMILES string of the molecule is Cc1nc(NC(C)(C)C)cc(N2CCCC2)n1. The molecule has 17 heavy (non-hydrogen) atoms. The molecule has 1 N–H and O–H groups in total. The van der Waals surface area contributed by atoms with Gasteiger partial charge in [-0.25, -0.2) is 9.97 Å². The quantitative estimate of drug-likeness (QED) is 0.854. The summed E-state index contributed by atoms with van der Waals surface area (Å²) in [6, 6.07) is 2.06. The van der Waals surface area contributed by atoms with Crippen LogP contribution in [0.15, 0.2) is 6.07 Å². The molecule has 1 aromatic rings. The standard InChI is InChI=1S/C13H22N4/c1-10-14-11(16-13(2,3)4)9-12(15-10)17-7-5-6-8-17/h9H,5-8H2,1-4H3,(H,14,15,16). The monoisotopic (exact) mass is 234 g/mol. The fraction of sp³-hybridized carbons (Fsp3) is 0.692. The third kappa shape index (κ3) is 3.32. The van der Waals surface area contributed by atoms with E-state index in [1.54, 1.807) is 0 Å². The summed E-state index contributed by atoms with van der Waals surface area (Å²) >= 11 is 0. The maximum absolute atomic E-state index is 4.52. The molecule has 1 aliphatic rings. The topological polar surface area (TPSA) is 41.1 Å². The zero-order valence-corrected chi connectivity index (χ0v) is 11.2. The van der Waals surface area contributed by atoms with Crippen LogP contribution in [-0.2, 0) is 0 Å². The van der Waals surface area contributed by atoms with Crippen molar-refractivity contribution in [2.24, 2.45) is 0 Å². The van der Waals surface area contributed by atoms with Gasteiger partial charge in [-0.15, -0.1) is 0 Å². The number of aromatic nitrogens is 2. The molecule has 0 saturated carbocycles. The Morgan fingerprint density at radius 1 is 1.18 bits per heavy atom. The second kappa shape index (κ2) is 4.51. The predicted octanol–water partition coefficient (Wildman–Crippen LogP) is 2.60. The van der Waals surface area contributed by atoms with Crippen molar-refractivity contribution < 1.29 is 0 Å². The zero-order chi connectivity index (χ0) is 12.5. The van der Waals surface area contributed by atoms with Gasteiger partial charge in [-0.3, -0.25) is 0 Å². The summed E-state index contributed by atoms with van der Waals surface area (Å²) in [4.78, 5) is 11.3. The number of aryl methyl sites for hydroxylation is 1. The van der Waals surface area contributed by atoms with Crippen LogP contribution < -0.4 is 10.2 Å². The minimum absolute atomic E-state index is 0.0308. The molecule has 0 atom stereocenters. The van der Waals surface area contributed by atoms with Crippen molar-refractivity contribution >= 4 is 11.6 Å². The first kappa shape index (κ1) is 12.1. The van der Waals surface area contributed by atoms with Gasteiger partial charge in [0.15, 0.2) is 0 Å². The van der Waals surface area contributed by atoms with Crippen LogP contribution in [-0.4, -0.2) is 28.6 Å². The third-order valence-electron chi connectivity index (χ3n) is 2.76. The molecule has 0 radical (unpaired) electrons. The van der Waals surface area contributed by atoms with Crippen molar-refractivity contribution in [2.75, 3.05) is 23.3 Å². The van der Waals surface area contributed by atoms with E-state index in [0.717, 1.165) is 30.5 Å². The van der Waals surface area contributed by atoms with E-state index in [0.29, 0.717) is 0 Å². The largest absolute Gasteiger partial charge is 0.365 e. The van der Waals surface area contributed by atoms with Crippen molar-refractivity contribution in [3.05, 3.63) is 11.9 Å². The van der Waals surface area contributed by atoms with Gasteiger partial charge in [0, 0.05) is 24.7 Å². The highest BCUT2D eigenvalue weighted by atomic mass is 15.2. The summed E-state index contributed by atoms with van der Waals surface area (Å²) in [5.41, 5.74) is 0.0308. The van der Waals surface area contributed by atoms with Crippen molar-refractivity contribution in [3.8, 4) is 0 Å². The molecule has 2 rings (SSSR count). The molecule has 0 aromatic carbocycles. The summed E-state index contributed by atoms with van der Waals surface area (Å²) in [5, 5.41) is 3.41. The van der Waals surface area contributed by atoms with Gasteiger partial charge in [0.2, 0.25) is 0 Å². The highest BCUT2D eigenvalue weighted by Crippen LogP contribution is 2.22. The minimum Gasteiger partial charge on any atom is -0.365 e. The first-order valence-electron chi connectivity index (χ1n) is 6.33. The fourth-order valence-electron chi connectivity index (χ4n) is 2.11. The molecule has 0 bridgehead atoms. The number of hydrogen-bond acceptors (Lipinski definition) is 4. The van der Waals surface area contributed by atoms with Crippen LogP contribution in [0.2, 0.25) is 0 Å². The van der Waals surface area contributed by atoms with Crippen molar-refractivity contribution in [1.29, 1.82) is 0 Å². The molecule has 1 saturated heterocycles. The molecule has 2 heterocycles. The maximum atomic E-state index is 4.52. The first-order valence-corrected chi connectivity index (χ1v) is 6.33. The van der Waals surface area contributed by atoms with E-state index < -0.39 is 0 Å². The molecule has 1 aliphatic heterocycles. The minimum atomic E-state index is 0.0308. The van der Waals surface area contributed by atoms with Crippen LogP contribution in [0.3, 0.4) is 0 Å². The van der Waals surface area contributed by atoms with Crippen LogP contribution in [0.25, 0.3) is 0 Å². The maximum Gasteiger partial charge on any atom is 0.134 e. The Labute approximate surface area is 103 Å². The number of anilines is 2. The van der Waals surface area contributed by atoms with E-state index in [9.17, 15) is 0 Å². The van der Waals surface area contributed by atoms with Crippen molar-refractivity contribution in [1.82, 2.24) is 9.97 Å². The molecular formula is C13H22N4. The van der Waals surface area contributed by atoms with Gasteiger partial charge in [-0.1, -0.05) is 0 Å². The number of hydrogen-bond donors (Lipinski definition) is 1. The highest BCUT2D eigenvalue weighted by molar-refractivity contribution is 5.50. The second-order valence-electron chi connectivity index (χ2n) is 5.73. The van der Waals surface area contributed by atoms with Gasteiger partial charge in [0.1, 0.15) is 17.5 Å². The smallest absolute Gasteiger partial charge is 0.134 e. The molecule has 1 aromatic heterocycles. The Balaban J connectivity index is 2.22. The van der Waals surface area contributed by atoms with Crippen molar-refractivity contribution in [2.45, 2.75) is 46.1 Å². The Morgan fingerprint density at radius 2 is 1.82 bits per heavy atom. The molecule has 0 unspecified atom stereocenters. The van der Waals surface area contributed by atoms with Crippen molar-refractivity contribution in [3.63, 3.8) is 0 Å². The lowest BCUT2D eigenvalue weighted by Crippen LogP contribution is -2.27. The lowest BCUT2D eigenvalue weighted by atomic mass is 10.1. The van der Waals surface area contributed by atoms with Crippen LogP contribution in [0.4, 0.5) is 11.6 Å². The van der Waals surface area contributed by atoms with E-state index in [4.69, 9.17) is 0 Å². The van der Waals surface area contributed by atoms with Gasteiger partial charge in [0.25, 0.3) is 0 Å². The summed E-state index contributed by atoms with van der Waals surface area (Å²) in [6.45, 7) is 10.6. The predicted molar refractivity (Wildman–Crippen MR) is 71.6 cm³/mol. The number of nitrogens with zero attached hydrogens (tertiary/aromatic N) is 3. The number of rotatable bonds is 2.